The van der Waals surface area contributed by atoms with Crippen LogP contribution in [-0.2, 0) is 4.79 Å². The molecule has 0 atom stereocenters. The zero-order valence-corrected chi connectivity index (χ0v) is 13.1. The van der Waals surface area contributed by atoms with Crippen LogP contribution >= 0.6 is 0 Å². The van der Waals surface area contributed by atoms with Crippen molar-refractivity contribution in [3.63, 3.8) is 0 Å². The van der Waals surface area contributed by atoms with Crippen molar-refractivity contribution in [2.75, 3.05) is 10.6 Å². The molecule has 0 heterocycles. The molecule has 1 amide bonds. The van der Waals surface area contributed by atoms with Gasteiger partial charge in [-0.3, -0.25) is 4.79 Å². The molecule has 3 heteroatoms. The maximum Gasteiger partial charge on any atom is 0.227 e. The predicted molar refractivity (Wildman–Crippen MR) is 87.5 cm³/mol. The maximum atomic E-state index is 11.8. The van der Waals surface area contributed by atoms with Crippen molar-refractivity contribution in [3.8, 4) is 0 Å². The van der Waals surface area contributed by atoms with Gasteiger partial charge >= 0.3 is 0 Å². The molecular formula is C18H26N2O. The summed E-state index contributed by atoms with van der Waals surface area (Å²) < 4.78 is 0. The Morgan fingerprint density at radius 2 is 1.76 bits per heavy atom. The molecule has 2 N–H and O–H groups in total. The first-order valence-electron chi connectivity index (χ1n) is 8.19. The quantitative estimate of drug-likeness (QED) is 0.860. The summed E-state index contributed by atoms with van der Waals surface area (Å²) in [5.74, 6) is 0.425. The van der Waals surface area contributed by atoms with Gasteiger partial charge in [0.25, 0.3) is 0 Å². The maximum absolute atomic E-state index is 11.8. The minimum atomic E-state index is 0.173. The molecule has 0 bridgehead atoms. The van der Waals surface area contributed by atoms with Crippen molar-refractivity contribution < 1.29 is 4.79 Å². The van der Waals surface area contributed by atoms with Crippen molar-refractivity contribution in [2.24, 2.45) is 11.3 Å². The fourth-order valence-electron chi connectivity index (χ4n) is 3.06. The van der Waals surface area contributed by atoms with Crippen LogP contribution in [0.25, 0.3) is 0 Å². The third-order valence-electron chi connectivity index (χ3n) is 4.79. The van der Waals surface area contributed by atoms with Gasteiger partial charge in [0, 0.05) is 23.3 Å². The number of hydrogen-bond donors (Lipinski definition) is 2. The first-order valence-corrected chi connectivity index (χ1v) is 8.19. The number of nitrogens with one attached hydrogen (secondary N) is 2. The Bertz CT molecular complexity index is 510. The molecule has 0 aliphatic heterocycles. The van der Waals surface area contributed by atoms with E-state index in [4.69, 9.17) is 0 Å². The third-order valence-corrected chi connectivity index (χ3v) is 4.79. The Labute approximate surface area is 127 Å². The zero-order valence-electron chi connectivity index (χ0n) is 13.1. The SMILES string of the molecule is CC1(C)CCC(Nc2cccc(NC(=O)C3CC3)c2)CC1. The van der Waals surface area contributed by atoms with Gasteiger partial charge < -0.3 is 10.6 Å². The molecule has 0 radical (unpaired) electrons. The fraction of sp³-hybridized carbons (Fsp3) is 0.611. The van der Waals surface area contributed by atoms with Gasteiger partial charge in [-0.05, 0) is 62.1 Å². The van der Waals surface area contributed by atoms with Crippen molar-refractivity contribution in [1.82, 2.24) is 0 Å². The van der Waals surface area contributed by atoms with Crippen molar-refractivity contribution in [2.45, 2.75) is 58.4 Å². The third kappa shape index (κ3) is 3.99. The molecule has 2 aliphatic carbocycles. The summed E-state index contributed by atoms with van der Waals surface area (Å²) >= 11 is 0. The number of carbonyl (C=O) groups excluding carboxylic acids is 1. The predicted octanol–water partition coefficient (Wildman–Crippen LogP) is 4.42. The topological polar surface area (TPSA) is 41.1 Å². The average Bonchev–Trinajstić information content (AvgIpc) is 3.26. The van der Waals surface area contributed by atoms with E-state index >= 15 is 0 Å². The van der Waals surface area contributed by atoms with Gasteiger partial charge in [-0.2, -0.15) is 0 Å². The number of carbonyl (C=O) groups is 1. The molecular weight excluding hydrogens is 260 g/mol. The molecule has 0 unspecified atom stereocenters. The molecule has 3 nitrogen and oxygen atoms in total. The second-order valence-electron chi connectivity index (χ2n) is 7.43. The summed E-state index contributed by atoms with van der Waals surface area (Å²) in [5, 5.41) is 6.64. The lowest BCUT2D eigenvalue weighted by atomic mass is 9.75. The second kappa shape index (κ2) is 5.70. The summed E-state index contributed by atoms with van der Waals surface area (Å²) in [7, 11) is 0. The summed E-state index contributed by atoms with van der Waals surface area (Å²) in [6.07, 6.45) is 7.10. The molecule has 114 valence electrons. The highest BCUT2D eigenvalue weighted by Gasteiger charge is 2.29. The van der Waals surface area contributed by atoms with Gasteiger partial charge in [0.2, 0.25) is 5.91 Å². The molecule has 21 heavy (non-hydrogen) atoms. The van der Waals surface area contributed by atoms with Crippen molar-refractivity contribution >= 4 is 17.3 Å². The summed E-state index contributed by atoms with van der Waals surface area (Å²) in [4.78, 5) is 11.8. The molecule has 1 aromatic carbocycles. The van der Waals surface area contributed by atoms with Crippen LogP contribution < -0.4 is 10.6 Å². The lowest BCUT2D eigenvalue weighted by Gasteiger charge is -2.35. The van der Waals surface area contributed by atoms with E-state index < -0.39 is 0 Å². The second-order valence-corrected chi connectivity index (χ2v) is 7.43. The van der Waals surface area contributed by atoms with E-state index in [1.54, 1.807) is 0 Å². The normalized spacial score (nSPS) is 21.8. The van der Waals surface area contributed by atoms with Crippen LogP contribution in [-0.4, -0.2) is 11.9 Å². The Kier molecular flexibility index (Phi) is 3.92. The molecule has 2 aliphatic rings. The minimum absolute atomic E-state index is 0.173. The van der Waals surface area contributed by atoms with Crippen LogP contribution in [0, 0.1) is 11.3 Å². The van der Waals surface area contributed by atoms with Crippen LogP contribution in [0.15, 0.2) is 24.3 Å². The van der Waals surface area contributed by atoms with Crippen molar-refractivity contribution in [3.05, 3.63) is 24.3 Å². The smallest absolute Gasteiger partial charge is 0.227 e. The standard InChI is InChI=1S/C18H26N2O/c1-18(2)10-8-14(9-11-18)19-15-4-3-5-16(12-15)20-17(21)13-6-7-13/h3-5,12-14,19H,6-11H2,1-2H3,(H,20,21). The van der Waals surface area contributed by atoms with E-state index in [2.05, 4.69) is 36.6 Å². The van der Waals surface area contributed by atoms with Gasteiger partial charge in [0.15, 0.2) is 0 Å². The highest BCUT2D eigenvalue weighted by Crippen LogP contribution is 2.36. The Morgan fingerprint density at radius 1 is 1.10 bits per heavy atom. The monoisotopic (exact) mass is 286 g/mol. The first kappa shape index (κ1) is 14.4. The van der Waals surface area contributed by atoms with Crippen molar-refractivity contribution in [1.29, 1.82) is 0 Å². The minimum Gasteiger partial charge on any atom is -0.382 e. The van der Waals surface area contributed by atoms with Crippen LogP contribution in [0.2, 0.25) is 0 Å². The Hall–Kier alpha value is -1.51. The zero-order chi connectivity index (χ0) is 14.9. The molecule has 0 spiro atoms. The highest BCUT2D eigenvalue weighted by molar-refractivity contribution is 5.94. The van der Waals surface area contributed by atoms with Gasteiger partial charge in [-0.15, -0.1) is 0 Å². The Balaban J connectivity index is 1.57. The van der Waals surface area contributed by atoms with Crippen LogP contribution in [0.1, 0.15) is 52.4 Å². The molecule has 0 saturated heterocycles. The van der Waals surface area contributed by atoms with Crippen LogP contribution in [0.3, 0.4) is 0 Å². The van der Waals surface area contributed by atoms with E-state index in [1.165, 1.54) is 25.7 Å². The molecule has 0 aromatic heterocycles. The lowest BCUT2D eigenvalue weighted by Crippen LogP contribution is -2.29. The van der Waals surface area contributed by atoms with Gasteiger partial charge in [0.05, 0.1) is 0 Å². The summed E-state index contributed by atoms with van der Waals surface area (Å²) in [6.45, 7) is 4.72. The largest absolute Gasteiger partial charge is 0.382 e. The van der Waals surface area contributed by atoms with Crippen LogP contribution in [0.5, 0.6) is 0 Å². The summed E-state index contributed by atoms with van der Waals surface area (Å²) in [6, 6.07) is 8.69. The number of rotatable bonds is 4. The highest BCUT2D eigenvalue weighted by atomic mass is 16.2. The average molecular weight is 286 g/mol. The number of anilines is 2. The lowest BCUT2D eigenvalue weighted by molar-refractivity contribution is -0.117. The van der Waals surface area contributed by atoms with Gasteiger partial charge in [-0.25, -0.2) is 0 Å². The van der Waals surface area contributed by atoms with Crippen LogP contribution in [0.4, 0.5) is 11.4 Å². The number of hydrogen-bond acceptors (Lipinski definition) is 2. The fourth-order valence-corrected chi connectivity index (χ4v) is 3.06. The number of amides is 1. The Morgan fingerprint density at radius 3 is 2.43 bits per heavy atom. The summed E-state index contributed by atoms with van der Waals surface area (Å²) in [5.41, 5.74) is 2.53. The van der Waals surface area contributed by atoms with E-state index in [9.17, 15) is 4.79 Å². The van der Waals surface area contributed by atoms with E-state index in [-0.39, 0.29) is 11.8 Å². The van der Waals surface area contributed by atoms with E-state index in [0.29, 0.717) is 11.5 Å². The molecule has 3 rings (SSSR count). The molecule has 2 saturated carbocycles. The van der Waals surface area contributed by atoms with Gasteiger partial charge in [0.1, 0.15) is 0 Å². The van der Waals surface area contributed by atoms with E-state index in [0.717, 1.165) is 24.2 Å². The first-order chi connectivity index (χ1) is 10.0. The molecule has 2 fully saturated rings. The molecule has 1 aromatic rings. The van der Waals surface area contributed by atoms with Gasteiger partial charge in [-0.1, -0.05) is 19.9 Å². The number of benzene rings is 1. The van der Waals surface area contributed by atoms with E-state index in [1.807, 2.05) is 12.1 Å².